The summed E-state index contributed by atoms with van der Waals surface area (Å²) in [6, 6.07) is 10.9. The van der Waals surface area contributed by atoms with Gasteiger partial charge in [0.05, 0.1) is 6.54 Å². The molecule has 2 N–H and O–H groups in total. The second-order valence-electron chi connectivity index (χ2n) is 7.32. The molecule has 0 bridgehead atoms. The Balaban J connectivity index is 1.52. The zero-order chi connectivity index (χ0) is 20.6. The molecular formula is C22H30N4O3. The molecule has 0 aliphatic carbocycles. The first kappa shape index (κ1) is 21.1. The first-order chi connectivity index (χ1) is 14.1. The molecular weight excluding hydrogens is 368 g/mol. The van der Waals surface area contributed by atoms with Crippen LogP contribution in [0.15, 0.2) is 40.8 Å². The number of nitrogens with one attached hydrogen (secondary N) is 2. The van der Waals surface area contributed by atoms with E-state index < -0.39 is 5.91 Å². The minimum atomic E-state index is -0.475. The number of carbonyl (C=O) groups is 2. The van der Waals surface area contributed by atoms with Crippen LogP contribution < -0.4 is 10.9 Å². The maximum atomic E-state index is 12.4. The Bertz CT molecular complexity index is 823. The molecule has 7 nitrogen and oxygen atoms in total. The SMILES string of the molecule is CCN(CC)Cc1ccc(C(=O)NNC(=O)c2cccc(CN3CCCC3)c2)o1. The Hall–Kier alpha value is -2.64. The Kier molecular flexibility index (Phi) is 7.43. The number of hydrazine groups is 1. The van der Waals surface area contributed by atoms with Gasteiger partial charge in [-0.1, -0.05) is 26.0 Å². The third-order valence-corrected chi connectivity index (χ3v) is 5.24. The molecule has 29 heavy (non-hydrogen) atoms. The van der Waals surface area contributed by atoms with E-state index in [-0.39, 0.29) is 11.7 Å². The predicted molar refractivity (Wildman–Crippen MR) is 111 cm³/mol. The zero-order valence-corrected chi connectivity index (χ0v) is 17.2. The van der Waals surface area contributed by atoms with Gasteiger partial charge in [-0.2, -0.15) is 0 Å². The number of benzene rings is 1. The maximum Gasteiger partial charge on any atom is 0.305 e. The Labute approximate surface area is 172 Å². The molecule has 2 heterocycles. The van der Waals surface area contributed by atoms with Gasteiger partial charge in [0.1, 0.15) is 5.76 Å². The molecule has 3 rings (SSSR count). The average molecular weight is 399 g/mol. The number of hydrogen-bond donors (Lipinski definition) is 2. The van der Waals surface area contributed by atoms with Crippen LogP contribution >= 0.6 is 0 Å². The van der Waals surface area contributed by atoms with Crippen LogP contribution in [0.2, 0.25) is 0 Å². The van der Waals surface area contributed by atoms with Gasteiger partial charge in [-0.25, -0.2) is 0 Å². The summed E-state index contributed by atoms with van der Waals surface area (Å²) in [6.07, 6.45) is 2.46. The zero-order valence-electron chi connectivity index (χ0n) is 17.2. The van der Waals surface area contributed by atoms with Gasteiger partial charge in [0.15, 0.2) is 5.76 Å². The van der Waals surface area contributed by atoms with Crippen molar-refractivity contribution in [3.05, 3.63) is 59.0 Å². The van der Waals surface area contributed by atoms with Crippen LogP contribution in [0, 0.1) is 0 Å². The van der Waals surface area contributed by atoms with Crippen molar-refractivity contribution in [1.29, 1.82) is 0 Å². The van der Waals surface area contributed by atoms with Gasteiger partial charge in [-0.05, 0) is 68.8 Å². The topological polar surface area (TPSA) is 77.8 Å². The lowest BCUT2D eigenvalue weighted by Crippen LogP contribution is -2.41. The molecule has 1 aliphatic rings. The normalized spacial score (nSPS) is 14.3. The monoisotopic (exact) mass is 398 g/mol. The highest BCUT2D eigenvalue weighted by Gasteiger charge is 2.15. The molecule has 0 radical (unpaired) electrons. The van der Waals surface area contributed by atoms with Crippen LogP contribution in [-0.4, -0.2) is 47.8 Å². The molecule has 1 aromatic carbocycles. The second kappa shape index (κ2) is 10.2. The fraction of sp³-hybridized carbons (Fsp3) is 0.455. The molecule has 2 aromatic rings. The van der Waals surface area contributed by atoms with Crippen LogP contribution in [0.4, 0.5) is 0 Å². The molecule has 0 saturated carbocycles. The molecule has 156 valence electrons. The standard InChI is InChI=1S/C22H30N4O3/c1-3-25(4-2)16-19-10-11-20(29-19)22(28)24-23-21(27)18-9-7-8-17(14-18)15-26-12-5-6-13-26/h7-11,14H,3-6,12-13,15-16H2,1-2H3,(H,23,27)(H,24,28). The van der Waals surface area contributed by atoms with Crippen LogP contribution in [0.1, 0.15) is 58.9 Å². The summed E-state index contributed by atoms with van der Waals surface area (Å²) < 4.78 is 5.60. The van der Waals surface area contributed by atoms with E-state index >= 15 is 0 Å². The van der Waals surface area contributed by atoms with Crippen molar-refractivity contribution >= 4 is 11.8 Å². The van der Waals surface area contributed by atoms with Crippen molar-refractivity contribution in [3.63, 3.8) is 0 Å². The van der Waals surface area contributed by atoms with E-state index in [9.17, 15) is 9.59 Å². The molecule has 2 amide bonds. The van der Waals surface area contributed by atoms with E-state index in [1.54, 1.807) is 18.2 Å². The lowest BCUT2D eigenvalue weighted by molar-refractivity contribution is 0.0828. The summed E-state index contributed by atoms with van der Waals surface area (Å²) in [6.45, 7) is 9.67. The van der Waals surface area contributed by atoms with E-state index in [4.69, 9.17) is 4.42 Å². The Morgan fingerprint density at radius 2 is 1.76 bits per heavy atom. The van der Waals surface area contributed by atoms with Crippen LogP contribution in [0.5, 0.6) is 0 Å². The smallest absolute Gasteiger partial charge is 0.305 e. The number of furan rings is 1. The van der Waals surface area contributed by atoms with Gasteiger partial charge in [0.2, 0.25) is 0 Å². The molecule has 1 fully saturated rings. The Morgan fingerprint density at radius 1 is 1.03 bits per heavy atom. The number of carbonyl (C=O) groups excluding carboxylic acids is 2. The van der Waals surface area contributed by atoms with Crippen molar-refractivity contribution in [3.8, 4) is 0 Å². The summed E-state index contributed by atoms with van der Waals surface area (Å²) >= 11 is 0. The number of rotatable bonds is 8. The maximum absolute atomic E-state index is 12.4. The van der Waals surface area contributed by atoms with Crippen molar-refractivity contribution in [2.45, 2.75) is 39.8 Å². The predicted octanol–water partition coefficient (Wildman–Crippen LogP) is 2.79. The van der Waals surface area contributed by atoms with Crippen LogP contribution in [0.25, 0.3) is 0 Å². The van der Waals surface area contributed by atoms with E-state index in [0.717, 1.165) is 44.0 Å². The minimum absolute atomic E-state index is 0.176. The fourth-order valence-corrected chi connectivity index (χ4v) is 3.51. The lowest BCUT2D eigenvalue weighted by Gasteiger charge is -2.15. The first-order valence-corrected chi connectivity index (χ1v) is 10.3. The molecule has 0 unspecified atom stereocenters. The number of nitrogens with zero attached hydrogens (tertiary/aromatic N) is 2. The molecule has 0 spiro atoms. The Morgan fingerprint density at radius 3 is 2.48 bits per heavy atom. The summed E-state index contributed by atoms with van der Waals surface area (Å²) in [5, 5.41) is 0. The van der Waals surface area contributed by atoms with Crippen LogP contribution in [-0.2, 0) is 13.1 Å². The number of hydrogen-bond acceptors (Lipinski definition) is 5. The summed E-state index contributed by atoms with van der Waals surface area (Å²) in [5.41, 5.74) is 6.51. The summed E-state index contributed by atoms with van der Waals surface area (Å²) in [7, 11) is 0. The minimum Gasteiger partial charge on any atom is -0.454 e. The highest BCUT2D eigenvalue weighted by molar-refractivity contribution is 5.98. The van der Waals surface area contributed by atoms with E-state index in [1.165, 1.54) is 12.8 Å². The van der Waals surface area contributed by atoms with E-state index in [2.05, 4.69) is 34.5 Å². The largest absolute Gasteiger partial charge is 0.454 e. The molecule has 1 aliphatic heterocycles. The summed E-state index contributed by atoms with van der Waals surface area (Å²) in [4.78, 5) is 29.3. The fourth-order valence-electron chi connectivity index (χ4n) is 3.51. The highest BCUT2D eigenvalue weighted by Crippen LogP contribution is 2.14. The van der Waals surface area contributed by atoms with Crippen molar-refractivity contribution in [2.75, 3.05) is 26.2 Å². The lowest BCUT2D eigenvalue weighted by atomic mass is 10.1. The highest BCUT2D eigenvalue weighted by atomic mass is 16.4. The van der Waals surface area contributed by atoms with Gasteiger partial charge in [-0.3, -0.25) is 30.2 Å². The third-order valence-electron chi connectivity index (χ3n) is 5.24. The van der Waals surface area contributed by atoms with E-state index in [1.807, 2.05) is 18.2 Å². The summed E-state index contributed by atoms with van der Waals surface area (Å²) in [5.74, 6) is 0.0731. The van der Waals surface area contributed by atoms with Crippen molar-refractivity contribution in [2.24, 2.45) is 0 Å². The van der Waals surface area contributed by atoms with Crippen molar-refractivity contribution < 1.29 is 14.0 Å². The molecule has 1 saturated heterocycles. The molecule has 7 heteroatoms. The van der Waals surface area contributed by atoms with Gasteiger partial charge < -0.3 is 4.42 Å². The van der Waals surface area contributed by atoms with Gasteiger partial charge >= 0.3 is 5.91 Å². The average Bonchev–Trinajstić information content (AvgIpc) is 3.42. The number of likely N-dealkylation sites (tertiary alicyclic amines) is 1. The number of amides is 2. The second-order valence-corrected chi connectivity index (χ2v) is 7.32. The van der Waals surface area contributed by atoms with Crippen molar-refractivity contribution in [1.82, 2.24) is 20.7 Å². The first-order valence-electron chi connectivity index (χ1n) is 10.3. The van der Waals surface area contributed by atoms with Gasteiger partial charge in [-0.15, -0.1) is 0 Å². The van der Waals surface area contributed by atoms with E-state index in [0.29, 0.717) is 12.1 Å². The van der Waals surface area contributed by atoms with Gasteiger partial charge in [0.25, 0.3) is 5.91 Å². The quantitative estimate of drug-likeness (QED) is 0.669. The molecule has 0 atom stereocenters. The third kappa shape index (κ3) is 5.92. The van der Waals surface area contributed by atoms with Crippen LogP contribution in [0.3, 0.4) is 0 Å². The molecule has 1 aromatic heterocycles. The van der Waals surface area contributed by atoms with Gasteiger partial charge in [0, 0.05) is 12.1 Å².